The van der Waals surface area contributed by atoms with Crippen molar-refractivity contribution in [2.45, 2.75) is 64.6 Å². The van der Waals surface area contributed by atoms with Crippen LogP contribution in [0.4, 0.5) is 0 Å². The topological polar surface area (TPSA) is 60.2 Å². The Morgan fingerprint density at radius 3 is 2.68 bits per heavy atom. The molecule has 19 heavy (non-hydrogen) atoms. The number of nitrogens with one attached hydrogen (secondary N) is 1. The van der Waals surface area contributed by atoms with Crippen LogP contribution in [0.2, 0.25) is 0 Å². The van der Waals surface area contributed by atoms with Gasteiger partial charge in [-0.3, -0.25) is 0 Å². The van der Waals surface area contributed by atoms with E-state index in [1.165, 1.54) is 0 Å². The van der Waals surface area contributed by atoms with Crippen molar-refractivity contribution in [1.29, 1.82) is 0 Å². The molecule has 108 valence electrons. The Labute approximate surface area is 115 Å². The molecule has 5 heteroatoms. The standard InChI is InChI=1S/C14H25N3O2/c1-10(2)15-9-12-16-13(17-19-12)14(18-4)7-5-11(3)6-8-14/h10-11,15H,5-9H2,1-4H3. The minimum absolute atomic E-state index is 0.341. The molecule has 2 rings (SSSR count). The minimum atomic E-state index is -0.341. The number of hydrogen-bond donors (Lipinski definition) is 1. The molecule has 1 aromatic rings. The normalized spacial score (nSPS) is 27.9. The van der Waals surface area contributed by atoms with Crippen molar-refractivity contribution in [2.75, 3.05) is 7.11 Å². The van der Waals surface area contributed by atoms with Crippen LogP contribution in [-0.4, -0.2) is 23.3 Å². The summed E-state index contributed by atoms with van der Waals surface area (Å²) in [6, 6.07) is 0.405. The van der Waals surface area contributed by atoms with Crippen LogP contribution in [0, 0.1) is 5.92 Å². The molecule has 1 aromatic heterocycles. The number of methoxy groups -OCH3 is 1. The zero-order valence-electron chi connectivity index (χ0n) is 12.4. The Bertz CT molecular complexity index is 395. The summed E-state index contributed by atoms with van der Waals surface area (Å²) in [6.07, 6.45) is 4.26. The highest BCUT2D eigenvalue weighted by Gasteiger charge is 2.40. The van der Waals surface area contributed by atoms with E-state index in [2.05, 4.69) is 36.2 Å². The zero-order chi connectivity index (χ0) is 13.9. The lowest BCUT2D eigenvalue weighted by Gasteiger charge is -2.35. The first-order valence-electron chi connectivity index (χ1n) is 7.17. The van der Waals surface area contributed by atoms with Gasteiger partial charge >= 0.3 is 0 Å². The molecule has 0 spiro atoms. The maximum atomic E-state index is 5.75. The molecule has 1 heterocycles. The summed E-state index contributed by atoms with van der Waals surface area (Å²) in [7, 11) is 1.75. The summed E-state index contributed by atoms with van der Waals surface area (Å²) in [5, 5.41) is 7.41. The van der Waals surface area contributed by atoms with E-state index < -0.39 is 0 Å². The van der Waals surface area contributed by atoms with Gasteiger partial charge in [0.15, 0.2) is 0 Å². The van der Waals surface area contributed by atoms with Gasteiger partial charge in [-0.25, -0.2) is 0 Å². The molecule has 0 radical (unpaired) electrons. The van der Waals surface area contributed by atoms with Gasteiger partial charge in [-0.1, -0.05) is 25.9 Å². The summed E-state index contributed by atoms with van der Waals surface area (Å²) in [5.74, 6) is 2.11. The van der Waals surface area contributed by atoms with Crippen molar-refractivity contribution in [1.82, 2.24) is 15.5 Å². The van der Waals surface area contributed by atoms with Crippen LogP contribution in [0.5, 0.6) is 0 Å². The second-order valence-electron chi connectivity index (χ2n) is 5.93. The van der Waals surface area contributed by atoms with Gasteiger partial charge in [-0.15, -0.1) is 0 Å². The molecule has 0 saturated heterocycles. The molecule has 1 N–H and O–H groups in total. The quantitative estimate of drug-likeness (QED) is 0.888. The summed E-state index contributed by atoms with van der Waals surface area (Å²) in [4.78, 5) is 4.51. The van der Waals surface area contributed by atoms with Crippen molar-refractivity contribution >= 4 is 0 Å². The Kier molecular flexibility index (Phi) is 4.58. The molecule has 1 saturated carbocycles. The van der Waals surface area contributed by atoms with E-state index in [1.54, 1.807) is 7.11 Å². The maximum Gasteiger partial charge on any atom is 0.240 e. The van der Waals surface area contributed by atoms with Gasteiger partial charge in [-0.2, -0.15) is 4.98 Å². The van der Waals surface area contributed by atoms with Crippen LogP contribution in [0.1, 0.15) is 58.2 Å². The Morgan fingerprint density at radius 2 is 2.11 bits per heavy atom. The van der Waals surface area contributed by atoms with E-state index in [-0.39, 0.29) is 5.60 Å². The van der Waals surface area contributed by atoms with Gasteiger partial charge < -0.3 is 14.6 Å². The van der Waals surface area contributed by atoms with Gasteiger partial charge in [0.2, 0.25) is 11.7 Å². The number of aromatic nitrogens is 2. The van der Waals surface area contributed by atoms with Gasteiger partial charge in [0.1, 0.15) is 5.60 Å². The van der Waals surface area contributed by atoms with Crippen LogP contribution in [0.25, 0.3) is 0 Å². The molecule has 0 aromatic carbocycles. The fourth-order valence-electron chi connectivity index (χ4n) is 2.55. The predicted octanol–water partition coefficient (Wildman–Crippen LogP) is 2.62. The van der Waals surface area contributed by atoms with Crippen molar-refractivity contribution < 1.29 is 9.26 Å². The van der Waals surface area contributed by atoms with Gasteiger partial charge in [0, 0.05) is 13.2 Å². The first-order valence-corrected chi connectivity index (χ1v) is 7.17. The minimum Gasteiger partial charge on any atom is -0.370 e. The second kappa shape index (κ2) is 6.01. The molecular formula is C14H25N3O2. The summed E-state index contributed by atoms with van der Waals surface area (Å²) < 4.78 is 11.1. The third-order valence-electron chi connectivity index (χ3n) is 4.01. The number of nitrogens with zero attached hydrogens (tertiary/aromatic N) is 2. The molecule has 0 bridgehead atoms. The fraction of sp³-hybridized carbons (Fsp3) is 0.857. The number of rotatable bonds is 5. The van der Waals surface area contributed by atoms with E-state index in [0.717, 1.165) is 31.6 Å². The van der Waals surface area contributed by atoms with E-state index in [0.29, 0.717) is 24.3 Å². The molecule has 0 atom stereocenters. The Morgan fingerprint density at radius 1 is 1.42 bits per heavy atom. The second-order valence-corrected chi connectivity index (χ2v) is 5.93. The van der Waals surface area contributed by atoms with Crippen molar-refractivity contribution in [2.24, 2.45) is 5.92 Å². The van der Waals surface area contributed by atoms with E-state index in [4.69, 9.17) is 9.26 Å². The number of hydrogen-bond acceptors (Lipinski definition) is 5. The van der Waals surface area contributed by atoms with Crippen molar-refractivity contribution in [3.63, 3.8) is 0 Å². The summed E-state index contributed by atoms with van der Waals surface area (Å²) in [5.41, 5.74) is -0.341. The zero-order valence-corrected chi connectivity index (χ0v) is 12.4. The van der Waals surface area contributed by atoms with Gasteiger partial charge in [-0.05, 0) is 31.6 Å². The Hall–Kier alpha value is -0.940. The summed E-state index contributed by atoms with van der Waals surface area (Å²) in [6.45, 7) is 7.08. The lowest BCUT2D eigenvalue weighted by Crippen LogP contribution is -2.34. The molecule has 1 aliphatic rings. The van der Waals surface area contributed by atoms with Crippen LogP contribution in [-0.2, 0) is 16.9 Å². The highest BCUT2D eigenvalue weighted by molar-refractivity contribution is 5.03. The Balaban J connectivity index is 2.07. The van der Waals surface area contributed by atoms with Crippen molar-refractivity contribution in [3.8, 4) is 0 Å². The van der Waals surface area contributed by atoms with Crippen LogP contribution in [0.15, 0.2) is 4.52 Å². The van der Waals surface area contributed by atoms with Crippen LogP contribution >= 0.6 is 0 Å². The van der Waals surface area contributed by atoms with Crippen LogP contribution in [0.3, 0.4) is 0 Å². The highest BCUT2D eigenvalue weighted by Crippen LogP contribution is 2.40. The predicted molar refractivity (Wildman–Crippen MR) is 72.6 cm³/mol. The molecule has 0 unspecified atom stereocenters. The maximum absolute atomic E-state index is 5.75. The third kappa shape index (κ3) is 3.34. The van der Waals surface area contributed by atoms with Gasteiger partial charge in [0.05, 0.1) is 6.54 Å². The SMILES string of the molecule is COC1(c2noc(CNC(C)C)n2)CCC(C)CC1. The third-order valence-corrected chi connectivity index (χ3v) is 4.01. The lowest BCUT2D eigenvalue weighted by atomic mass is 9.79. The first kappa shape index (κ1) is 14.5. The molecule has 1 aliphatic carbocycles. The highest BCUT2D eigenvalue weighted by atomic mass is 16.5. The molecular weight excluding hydrogens is 242 g/mol. The van der Waals surface area contributed by atoms with E-state index in [1.807, 2.05) is 0 Å². The van der Waals surface area contributed by atoms with Crippen LogP contribution < -0.4 is 5.32 Å². The molecule has 5 nitrogen and oxygen atoms in total. The lowest BCUT2D eigenvalue weighted by molar-refractivity contribution is -0.0609. The molecule has 0 aliphatic heterocycles. The first-order chi connectivity index (χ1) is 9.05. The monoisotopic (exact) mass is 267 g/mol. The average molecular weight is 267 g/mol. The van der Waals surface area contributed by atoms with E-state index >= 15 is 0 Å². The molecule has 1 fully saturated rings. The summed E-state index contributed by atoms with van der Waals surface area (Å²) >= 11 is 0. The largest absolute Gasteiger partial charge is 0.370 e. The smallest absolute Gasteiger partial charge is 0.240 e. The van der Waals surface area contributed by atoms with E-state index in [9.17, 15) is 0 Å². The van der Waals surface area contributed by atoms with Gasteiger partial charge in [0.25, 0.3) is 0 Å². The molecule has 0 amide bonds. The van der Waals surface area contributed by atoms with Crippen molar-refractivity contribution in [3.05, 3.63) is 11.7 Å². The number of ether oxygens (including phenoxy) is 1. The fourth-order valence-corrected chi connectivity index (χ4v) is 2.55. The average Bonchev–Trinajstić information content (AvgIpc) is 2.87.